The summed E-state index contributed by atoms with van der Waals surface area (Å²) in [6.45, 7) is 4.62. The number of rotatable bonds is 4. The topological polar surface area (TPSA) is 92.3 Å². The molecule has 3 heterocycles. The van der Waals surface area contributed by atoms with Crippen LogP contribution in [0.25, 0.3) is 33.5 Å². The third-order valence-electron chi connectivity index (χ3n) is 5.01. The molecule has 0 aliphatic carbocycles. The summed E-state index contributed by atoms with van der Waals surface area (Å²) >= 11 is 0. The first kappa shape index (κ1) is 17.2. The first-order valence-corrected chi connectivity index (χ1v) is 9.41. The number of aromatic nitrogens is 6. The van der Waals surface area contributed by atoms with Crippen LogP contribution in [0, 0.1) is 13.8 Å². The molecule has 3 aromatic heterocycles. The number of imidazole rings is 1. The lowest BCUT2D eigenvalue weighted by Gasteiger charge is -2.14. The molecule has 0 radical (unpaired) electrons. The van der Waals surface area contributed by atoms with Crippen LogP contribution >= 0.6 is 0 Å². The Balaban J connectivity index is 1.63. The molecule has 5 aromatic rings. The molecule has 5 rings (SSSR count). The van der Waals surface area contributed by atoms with Crippen LogP contribution in [0.15, 0.2) is 55.1 Å². The van der Waals surface area contributed by atoms with Crippen molar-refractivity contribution in [1.82, 2.24) is 29.9 Å². The Morgan fingerprint density at radius 2 is 1.72 bits per heavy atom. The van der Waals surface area contributed by atoms with Gasteiger partial charge in [0.15, 0.2) is 11.5 Å². The van der Waals surface area contributed by atoms with E-state index < -0.39 is 0 Å². The maximum Gasteiger partial charge on any atom is 0.162 e. The summed E-state index contributed by atoms with van der Waals surface area (Å²) in [4.78, 5) is 25.8. The summed E-state index contributed by atoms with van der Waals surface area (Å²) in [7, 11) is 0. The lowest BCUT2D eigenvalue weighted by molar-refractivity contribution is 1.02. The van der Waals surface area contributed by atoms with Crippen LogP contribution in [0.5, 0.6) is 0 Å². The fourth-order valence-corrected chi connectivity index (χ4v) is 3.49. The average Bonchev–Trinajstić information content (AvgIpc) is 3.22. The summed E-state index contributed by atoms with van der Waals surface area (Å²) in [5.74, 6) is 0.665. The molecule has 2 aromatic carbocycles. The summed E-state index contributed by atoms with van der Waals surface area (Å²) < 4.78 is 0. The maximum atomic E-state index is 5.01. The smallest absolute Gasteiger partial charge is 0.162 e. The molecule has 0 atom stereocenters. The van der Waals surface area contributed by atoms with Crippen molar-refractivity contribution in [1.29, 1.82) is 0 Å². The van der Waals surface area contributed by atoms with Crippen molar-refractivity contribution in [2.24, 2.45) is 0 Å². The van der Waals surface area contributed by atoms with E-state index in [1.54, 1.807) is 6.33 Å². The number of anilines is 1. The molecule has 0 unspecified atom stereocenters. The number of aryl methyl sites for hydroxylation is 2. The van der Waals surface area contributed by atoms with Crippen molar-refractivity contribution in [3.05, 3.63) is 71.9 Å². The summed E-state index contributed by atoms with van der Waals surface area (Å²) in [5.41, 5.74) is 8.29. The van der Waals surface area contributed by atoms with Crippen molar-refractivity contribution in [2.75, 3.05) is 5.32 Å². The fraction of sp³-hybridized carbons (Fsp3) is 0.136. The average molecular weight is 381 g/mol. The number of nitrogens with zero attached hydrogens (tertiary/aromatic N) is 5. The minimum absolute atomic E-state index is 0.472. The van der Waals surface area contributed by atoms with Crippen molar-refractivity contribution in [2.45, 2.75) is 20.4 Å². The van der Waals surface area contributed by atoms with Crippen molar-refractivity contribution < 1.29 is 0 Å². The van der Waals surface area contributed by atoms with Gasteiger partial charge in [0.1, 0.15) is 11.8 Å². The molecule has 0 fully saturated rings. The second-order valence-electron chi connectivity index (χ2n) is 6.95. The Hall–Kier alpha value is -3.87. The normalized spacial score (nSPS) is 11.2. The molecule has 2 N–H and O–H groups in total. The lowest BCUT2D eigenvalue weighted by atomic mass is 10.0. The van der Waals surface area contributed by atoms with E-state index >= 15 is 0 Å². The maximum absolute atomic E-state index is 5.01. The monoisotopic (exact) mass is 381 g/mol. The van der Waals surface area contributed by atoms with Crippen molar-refractivity contribution in [3.8, 4) is 11.3 Å². The minimum atomic E-state index is 0.472. The van der Waals surface area contributed by atoms with E-state index in [0.717, 1.165) is 39.1 Å². The van der Waals surface area contributed by atoms with E-state index in [2.05, 4.69) is 57.3 Å². The molecule has 0 saturated heterocycles. The second kappa shape index (κ2) is 6.94. The zero-order valence-electron chi connectivity index (χ0n) is 16.1. The van der Waals surface area contributed by atoms with Gasteiger partial charge in [-0.1, -0.05) is 36.4 Å². The fourth-order valence-electron chi connectivity index (χ4n) is 3.49. The summed E-state index contributed by atoms with van der Waals surface area (Å²) in [6.07, 6.45) is 3.13. The van der Waals surface area contributed by atoms with Gasteiger partial charge in [-0.3, -0.25) is 0 Å². The van der Waals surface area contributed by atoms with Crippen LogP contribution in [-0.2, 0) is 6.54 Å². The highest BCUT2D eigenvalue weighted by Crippen LogP contribution is 2.28. The molecule has 142 valence electrons. The molecule has 7 heteroatoms. The van der Waals surface area contributed by atoms with E-state index in [1.165, 1.54) is 6.33 Å². The van der Waals surface area contributed by atoms with Crippen LogP contribution in [-0.4, -0.2) is 29.9 Å². The Labute approximate surface area is 167 Å². The van der Waals surface area contributed by atoms with Gasteiger partial charge in [0, 0.05) is 5.56 Å². The number of H-pyrrole nitrogens is 1. The molecule has 0 saturated carbocycles. The van der Waals surface area contributed by atoms with Crippen LogP contribution in [0.4, 0.5) is 5.82 Å². The van der Waals surface area contributed by atoms with E-state index in [4.69, 9.17) is 9.97 Å². The van der Waals surface area contributed by atoms with Gasteiger partial charge in [-0.05, 0) is 31.0 Å². The highest BCUT2D eigenvalue weighted by atomic mass is 15.1. The molecule has 0 spiro atoms. The van der Waals surface area contributed by atoms with Gasteiger partial charge in [0.25, 0.3) is 0 Å². The van der Waals surface area contributed by atoms with Gasteiger partial charge >= 0.3 is 0 Å². The predicted octanol–water partition coefficient (Wildman–Crippen LogP) is 4.19. The van der Waals surface area contributed by atoms with E-state index in [0.29, 0.717) is 23.5 Å². The summed E-state index contributed by atoms with van der Waals surface area (Å²) in [6, 6.07) is 14.3. The van der Waals surface area contributed by atoms with Crippen LogP contribution in [0.1, 0.15) is 16.8 Å². The first-order chi connectivity index (χ1) is 14.2. The van der Waals surface area contributed by atoms with Gasteiger partial charge in [-0.15, -0.1) is 0 Å². The predicted molar refractivity (Wildman–Crippen MR) is 113 cm³/mol. The van der Waals surface area contributed by atoms with Gasteiger partial charge in [0.05, 0.1) is 35.3 Å². The number of hydrogen-bond donors (Lipinski definition) is 2. The molecule has 0 bridgehead atoms. The Bertz CT molecular complexity index is 1340. The van der Waals surface area contributed by atoms with Crippen LogP contribution < -0.4 is 5.32 Å². The van der Waals surface area contributed by atoms with Gasteiger partial charge < -0.3 is 10.3 Å². The quantitative estimate of drug-likeness (QED) is 0.485. The van der Waals surface area contributed by atoms with Gasteiger partial charge in [-0.2, -0.15) is 0 Å². The molecular weight excluding hydrogens is 362 g/mol. The molecule has 0 aliphatic heterocycles. The minimum Gasteiger partial charge on any atom is -0.362 e. The zero-order chi connectivity index (χ0) is 19.8. The number of fused-ring (bicyclic) bond motifs is 2. The Morgan fingerprint density at radius 1 is 0.862 bits per heavy atom. The third kappa shape index (κ3) is 3.06. The zero-order valence-corrected chi connectivity index (χ0v) is 16.1. The Morgan fingerprint density at radius 3 is 2.62 bits per heavy atom. The first-order valence-electron chi connectivity index (χ1n) is 9.41. The van der Waals surface area contributed by atoms with E-state index in [1.807, 2.05) is 24.3 Å². The highest BCUT2D eigenvalue weighted by Gasteiger charge is 2.15. The van der Waals surface area contributed by atoms with Crippen LogP contribution in [0.3, 0.4) is 0 Å². The second-order valence-corrected chi connectivity index (χ2v) is 6.95. The van der Waals surface area contributed by atoms with Crippen LogP contribution in [0.2, 0.25) is 0 Å². The SMILES string of the molecule is Cc1ccccc1-c1nc2c(C)cccc2nc1CNc1ncnc2[nH]cnc12. The van der Waals surface area contributed by atoms with E-state index in [9.17, 15) is 0 Å². The number of aromatic amines is 1. The molecule has 0 amide bonds. The van der Waals surface area contributed by atoms with Crippen molar-refractivity contribution >= 4 is 28.0 Å². The standard InChI is InChI=1S/C22H19N7/c1-13-6-3-4-8-15(13)19-17(28-16-9-5-7-14(2)18(16)29-19)10-23-21-20-22(25-11-24-20)27-12-26-21/h3-9,11-12H,10H2,1-2H3,(H2,23,24,25,26,27). The lowest BCUT2D eigenvalue weighted by Crippen LogP contribution is -2.08. The number of benzene rings is 2. The molecule has 0 aliphatic rings. The Kier molecular flexibility index (Phi) is 4.13. The number of nitrogens with one attached hydrogen (secondary N) is 2. The molecule has 7 nitrogen and oxygen atoms in total. The number of para-hydroxylation sites is 1. The number of hydrogen-bond acceptors (Lipinski definition) is 6. The van der Waals surface area contributed by atoms with Crippen molar-refractivity contribution in [3.63, 3.8) is 0 Å². The van der Waals surface area contributed by atoms with Gasteiger partial charge in [-0.25, -0.2) is 24.9 Å². The van der Waals surface area contributed by atoms with E-state index in [-0.39, 0.29) is 0 Å². The van der Waals surface area contributed by atoms with Gasteiger partial charge in [0.2, 0.25) is 0 Å². The molecular formula is C22H19N7. The third-order valence-corrected chi connectivity index (χ3v) is 5.01. The molecule has 29 heavy (non-hydrogen) atoms. The summed E-state index contributed by atoms with van der Waals surface area (Å²) in [5, 5.41) is 3.36. The largest absolute Gasteiger partial charge is 0.362 e. The highest BCUT2D eigenvalue weighted by molar-refractivity contribution is 5.83.